The number of aryl methyl sites for hydroxylation is 1. The van der Waals surface area contributed by atoms with Gasteiger partial charge in [0.15, 0.2) is 10.9 Å². The Labute approximate surface area is 164 Å². The van der Waals surface area contributed by atoms with Gasteiger partial charge < -0.3 is 14.0 Å². The summed E-state index contributed by atoms with van der Waals surface area (Å²) in [5, 5.41) is 3.78. The smallest absolute Gasteiger partial charge is 0.311 e. The lowest BCUT2D eigenvalue weighted by Crippen LogP contribution is -2.08. The number of aromatic nitrogens is 2. The van der Waals surface area contributed by atoms with Gasteiger partial charge >= 0.3 is 5.97 Å². The third kappa shape index (κ3) is 3.94. The number of allylic oxidation sites excluding steroid dienone is 1. The molecule has 0 atom stereocenters. The number of halogens is 1. The highest BCUT2D eigenvalue weighted by atomic mass is 35.5. The summed E-state index contributed by atoms with van der Waals surface area (Å²) in [5.74, 6) is 0.647. The van der Waals surface area contributed by atoms with Crippen molar-refractivity contribution in [3.05, 3.63) is 76.6 Å². The lowest BCUT2D eigenvalue weighted by Gasteiger charge is -2.05. The number of fused-ring (bicyclic) bond motifs is 1. The molecule has 28 heavy (non-hydrogen) atoms. The van der Waals surface area contributed by atoms with Crippen LogP contribution in [0.4, 0.5) is 0 Å². The molecule has 0 unspecified atom stereocenters. The van der Waals surface area contributed by atoms with Crippen molar-refractivity contribution < 1.29 is 23.6 Å². The van der Waals surface area contributed by atoms with Crippen molar-refractivity contribution in [1.29, 1.82) is 0 Å². The van der Waals surface area contributed by atoms with E-state index in [0.717, 1.165) is 5.56 Å². The number of benzene rings is 1. The molecule has 0 radical (unpaired) electrons. The third-order valence-electron chi connectivity index (χ3n) is 3.98. The minimum atomic E-state index is -0.454. The summed E-state index contributed by atoms with van der Waals surface area (Å²) in [4.78, 5) is 28.4. The number of nitrogens with zero attached hydrogens (tertiary/aromatic N) is 2. The first-order valence-corrected chi connectivity index (χ1v) is 8.76. The average Bonchev–Trinajstić information content (AvgIpc) is 3.24. The number of ketones is 1. The Morgan fingerprint density at radius 2 is 2.00 bits per heavy atom. The lowest BCUT2D eigenvalue weighted by atomic mass is 10.1. The van der Waals surface area contributed by atoms with Gasteiger partial charge in [-0.2, -0.15) is 0 Å². The third-order valence-corrected chi connectivity index (χ3v) is 4.16. The van der Waals surface area contributed by atoms with E-state index in [2.05, 4.69) is 10.1 Å². The van der Waals surface area contributed by atoms with Crippen molar-refractivity contribution in [2.24, 2.45) is 0 Å². The molecule has 0 saturated carbocycles. The highest BCUT2D eigenvalue weighted by molar-refractivity contribution is 6.29. The van der Waals surface area contributed by atoms with Crippen molar-refractivity contribution in [2.45, 2.75) is 12.8 Å². The molecule has 1 aliphatic rings. The predicted octanol–water partition coefficient (Wildman–Crippen LogP) is 3.88. The molecule has 0 fully saturated rings. The van der Waals surface area contributed by atoms with Crippen LogP contribution < -0.4 is 9.47 Å². The van der Waals surface area contributed by atoms with E-state index in [9.17, 15) is 9.59 Å². The maximum atomic E-state index is 12.5. The lowest BCUT2D eigenvalue weighted by molar-refractivity contribution is -0.134. The van der Waals surface area contributed by atoms with Crippen LogP contribution in [0, 0.1) is 0 Å². The van der Waals surface area contributed by atoms with Crippen LogP contribution in [-0.4, -0.2) is 21.9 Å². The number of carbonyl (C=O) groups is 2. The Morgan fingerprint density at radius 3 is 2.75 bits per heavy atom. The van der Waals surface area contributed by atoms with E-state index in [-0.39, 0.29) is 28.9 Å². The Kier molecular flexibility index (Phi) is 4.90. The molecular formula is C20H13ClN2O5. The fourth-order valence-electron chi connectivity index (χ4n) is 2.66. The molecule has 0 saturated heterocycles. The van der Waals surface area contributed by atoms with Gasteiger partial charge in [-0.05, 0) is 35.9 Å². The largest absolute Gasteiger partial charge is 0.452 e. The molecule has 3 aromatic rings. The van der Waals surface area contributed by atoms with E-state index in [1.165, 1.54) is 6.07 Å². The maximum Gasteiger partial charge on any atom is 0.311 e. The monoisotopic (exact) mass is 396 g/mol. The van der Waals surface area contributed by atoms with Crippen LogP contribution in [0.2, 0.25) is 5.15 Å². The molecule has 4 rings (SSSR count). The minimum Gasteiger partial charge on any atom is -0.452 e. The highest BCUT2D eigenvalue weighted by Crippen LogP contribution is 2.35. The number of hydrogen-bond donors (Lipinski definition) is 0. The molecule has 0 N–H and O–H groups in total. The van der Waals surface area contributed by atoms with Crippen molar-refractivity contribution >= 4 is 29.4 Å². The molecule has 7 nitrogen and oxygen atoms in total. The highest BCUT2D eigenvalue weighted by Gasteiger charge is 2.28. The second kappa shape index (κ2) is 7.66. The van der Waals surface area contributed by atoms with Gasteiger partial charge in [0.05, 0.1) is 12.0 Å². The van der Waals surface area contributed by atoms with Gasteiger partial charge in [0.1, 0.15) is 17.3 Å². The molecule has 0 amide bonds. The molecule has 1 aromatic carbocycles. The number of pyridine rings is 1. The first-order valence-electron chi connectivity index (χ1n) is 8.38. The quantitative estimate of drug-likeness (QED) is 0.367. The molecule has 8 heteroatoms. The van der Waals surface area contributed by atoms with Crippen LogP contribution in [-0.2, 0) is 11.2 Å². The summed E-state index contributed by atoms with van der Waals surface area (Å²) >= 11 is 5.66. The first-order chi connectivity index (χ1) is 13.6. The first kappa shape index (κ1) is 17.9. The van der Waals surface area contributed by atoms with E-state index in [1.54, 1.807) is 48.8 Å². The van der Waals surface area contributed by atoms with Crippen molar-refractivity contribution in [3.8, 4) is 11.5 Å². The molecule has 3 heterocycles. The number of esters is 1. The molecule has 0 bridgehead atoms. The Bertz CT molecular complexity index is 1080. The van der Waals surface area contributed by atoms with E-state index >= 15 is 0 Å². The molecule has 140 valence electrons. The van der Waals surface area contributed by atoms with Gasteiger partial charge in [-0.3, -0.25) is 14.6 Å². The van der Waals surface area contributed by atoms with Crippen LogP contribution in [0.1, 0.15) is 28.1 Å². The van der Waals surface area contributed by atoms with Crippen molar-refractivity contribution in [3.63, 3.8) is 0 Å². The summed E-state index contributed by atoms with van der Waals surface area (Å²) in [6.07, 6.45) is 5.30. The second-order valence-electron chi connectivity index (χ2n) is 5.97. The standard InChI is InChI=1S/C20H13ClN2O5/c21-18-11-14(28-23-18)2-4-19(24)26-13-1-3-15-16(10-13)27-17(20(15)25)9-12-5-7-22-8-6-12/h1,3,5-11H,2,4H2/b17-9-. The van der Waals surface area contributed by atoms with Crippen LogP contribution >= 0.6 is 11.6 Å². The van der Waals surface area contributed by atoms with E-state index in [1.807, 2.05) is 0 Å². The predicted molar refractivity (Wildman–Crippen MR) is 99.1 cm³/mol. The van der Waals surface area contributed by atoms with Crippen molar-refractivity contribution in [1.82, 2.24) is 10.1 Å². The van der Waals surface area contributed by atoms with Gasteiger partial charge in [-0.25, -0.2) is 0 Å². The van der Waals surface area contributed by atoms with Crippen LogP contribution in [0.15, 0.2) is 59.1 Å². The van der Waals surface area contributed by atoms with E-state index in [4.69, 9.17) is 25.6 Å². The van der Waals surface area contributed by atoms with Crippen LogP contribution in [0.3, 0.4) is 0 Å². The molecule has 1 aliphatic heterocycles. The normalized spacial score (nSPS) is 14.0. The number of carbonyl (C=O) groups excluding carboxylic acids is 2. The Morgan fingerprint density at radius 1 is 1.18 bits per heavy atom. The van der Waals surface area contributed by atoms with Gasteiger partial charge in [0.2, 0.25) is 5.78 Å². The number of Topliss-reactive ketones (excluding diaryl/α,β-unsaturated/α-hetero) is 1. The molecular weight excluding hydrogens is 384 g/mol. The summed E-state index contributed by atoms with van der Waals surface area (Å²) in [6, 6.07) is 9.72. The number of hydrogen-bond acceptors (Lipinski definition) is 7. The minimum absolute atomic E-state index is 0.0928. The summed E-state index contributed by atoms with van der Waals surface area (Å²) in [7, 11) is 0. The van der Waals surface area contributed by atoms with Gasteiger partial charge in [0, 0.05) is 30.9 Å². The fourth-order valence-corrected chi connectivity index (χ4v) is 2.81. The van der Waals surface area contributed by atoms with E-state index in [0.29, 0.717) is 23.5 Å². The Hall–Kier alpha value is -3.45. The van der Waals surface area contributed by atoms with Crippen molar-refractivity contribution in [2.75, 3.05) is 0 Å². The van der Waals surface area contributed by atoms with Gasteiger partial charge in [0.25, 0.3) is 0 Å². The summed E-state index contributed by atoms with van der Waals surface area (Å²) in [5.41, 5.74) is 1.21. The summed E-state index contributed by atoms with van der Waals surface area (Å²) in [6.45, 7) is 0. The fraction of sp³-hybridized carbons (Fsp3) is 0.100. The average molecular weight is 397 g/mol. The topological polar surface area (TPSA) is 91.5 Å². The molecule has 0 spiro atoms. The van der Waals surface area contributed by atoms with Crippen LogP contribution in [0.5, 0.6) is 11.5 Å². The Balaban J connectivity index is 1.42. The van der Waals surface area contributed by atoms with Gasteiger partial charge in [-0.1, -0.05) is 16.8 Å². The number of ether oxygens (including phenoxy) is 2. The SMILES string of the molecule is O=C(CCc1cc(Cl)no1)Oc1ccc2c(c1)O/C(=C\c1ccncc1)C2=O. The zero-order valence-corrected chi connectivity index (χ0v) is 15.2. The molecule has 0 aliphatic carbocycles. The van der Waals surface area contributed by atoms with Gasteiger partial charge in [-0.15, -0.1) is 0 Å². The zero-order chi connectivity index (χ0) is 19.5. The second-order valence-corrected chi connectivity index (χ2v) is 6.36. The van der Waals surface area contributed by atoms with E-state index < -0.39 is 5.97 Å². The maximum absolute atomic E-state index is 12.5. The molecule has 2 aromatic heterocycles. The summed E-state index contributed by atoms with van der Waals surface area (Å²) < 4.78 is 15.9. The van der Waals surface area contributed by atoms with Crippen LogP contribution in [0.25, 0.3) is 6.08 Å². The number of rotatable bonds is 5. The zero-order valence-electron chi connectivity index (χ0n) is 14.4.